The highest BCUT2D eigenvalue weighted by Gasteiger charge is 2.06. The van der Waals surface area contributed by atoms with Gasteiger partial charge in [-0.15, -0.1) is 0 Å². The van der Waals surface area contributed by atoms with Crippen LogP contribution < -0.4 is 5.73 Å². The van der Waals surface area contributed by atoms with Gasteiger partial charge in [-0.3, -0.25) is 0 Å². The van der Waals surface area contributed by atoms with Gasteiger partial charge in [0.15, 0.2) is 0 Å². The van der Waals surface area contributed by atoms with E-state index in [1.54, 1.807) is 0 Å². The zero-order valence-corrected chi connectivity index (χ0v) is 8.62. The van der Waals surface area contributed by atoms with Gasteiger partial charge in [-0.25, -0.2) is 4.98 Å². The highest BCUT2D eigenvalue weighted by molar-refractivity contribution is 6.34. The molecule has 0 aliphatic rings. The van der Waals surface area contributed by atoms with Crippen molar-refractivity contribution in [2.75, 3.05) is 0 Å². The molecule has 14 heavy (non-hydrogen) atoms. The van der Waals surface area contributed by atoms with Crippen molar-refractivity contribution in [2.45, 2.75) is 13.0 Å². The lowest BCUT2D eigenvalue weighted by atomic mass is 10.1. The molecule has 2 nitrogen and oxygen atoms in total. The van der Waals surface area contributed by atoms with Gasteiger partial charge in [-0.1, -0.05) is 35.9 Å². The number of nitrogens with zero attached hydrogens (tertiary/aromatic N) is 1. The van der Waals surface area contributed by atoms with Crippen LogP contribution in [0.2, 0.25) is 5.15 Å². The first-order valence-electron chi connectivity index (χ1n) is 4.49. The first-order valence-corrected chi connectivity index (χ1v) is 4.87. The molecule has 0 bridgehead atoms. The smallest absolute Gasteiger partial charge is 0.137 e. The summed E-state index contributed by atoms with van der Waals surface area (Å²) in [6.07, 6.45) is 0. The van der Waals surface area contributed by atoms with Crippen molar-refractivity contribution in [1.82, 2.24) is 4.98 Å². The van der Waals surface area contributed by atoms with Crippen molar-refractivity contribution >= 4 is 22.4 Å². The van der Waals surface area contributed by atoms with Crippen molar-refractivity contribution in [2.24, 2.45) is 5.73 Å². The van der Waals surface area contributed by atoms with Gasteiger partial charge < -0.3 is 5.73 Å². The predicted molar refractivity (Wildman–Crippen MR) is 59.4 cm³/mol. The molecule has 2 N–H and O–H groups in total. The normalized spacial score (nSPS) is 13.1. The van der Waals surface area contributed by atoms with Crippen molar-refractivity contribution in [3.63, 3.8) is 0 Å². The molecule has 1 heterocycles. The molecule has 2 aromatic rings. The average Bonchev–Trinajstić information content (AvgIpc) is 2.17. The van der Waals surface area contributed by atoms with Crippen LogP contribution in [0.25, 0.3) is 10.8 Å². The number of aromatic nitrogens is 1. The van der Waals surface area contributed by atoms with E-state index in [-0.39, 0.29) is 6.04 Å². The summed E-state index contributed by atoms with van der Waals surface area (Å²) in [6.45, 7) is 1.90. The standard InChI is InChI=1S/C11H11ClN2/c1-7(13)10-6-8-4-2-3-5-9(8)11(12)14-10/h2-7H,13H2,1H3/t7-/m0/s1. The molecule has 1 aromatic heterocycles. The lowest BCUT2D eigenvalue weighted by Crippen LogP contribution is -2.07. The number of hydrogen-bond donors (Lipinski definition) is 1. The van der Waals surface area contributed by atoms with Gasteiger partial charge in [0.05, 0.1) is 5.69 Å². The van der Waals surface area contributed by atoms with Gasteiger partial charge in [0, 0.05) is 11.4 Å². The van der Waals surface area contributed by atoms with E-state index < -0.39 is 0 Å². The maximum Gasteiger partial charge on any atom is 0.137 e. The van der Waals surface area contributed by atoms with Crippen LogP contribution in [0.3, 0.4) is 0 Å². The fourth-order valence-corrected chi connectivity index (χ4v) is 1.68. The van der Waals surface area contributed by atoms with E-state index in [0.717, 1.165) is 16.5 Å². The Hall–Kier alpha value is -1.12. The van der Waals surface area contributed by atoms with E-state index in [4.69, 9.17) is 17.3 Å². The fourth-order valence-electron chi connectivity index (χ4n) is 1.41. The second-order valence-electron chi connectivity index (χ2n) is 3.35. The first kappa shape index (κ1) is 9.44. The molecule has 0 aliphatic carbocycles. The molecule has 1 aromatic carbocycles. The van der Waals surface area contributed by atoms with Crippen molar-refractivity contribution in [3.8, 4) is 0 Å². The van der Waals surface area contributed by atoms with Crippen LogP contribution in [-0.4, -0.2) is 4.98 Å². The Morgan fingerprint density at radius 3 is 2.79 bits per heavy atom. The van der Waals surface area contributed by atoms with E-state index in [2.05, 4.69) is 4.98 Å². The Bertz CT molecular complexity index is 466. The van der Waals surface area contributed by atoms with Crippen LogP contribution in [0.15, 0.2) is 30.3 Å². The predicted octanol–water partition coefficient (Wildman–Crippen LogP) is 2.91. The van der Waals surface area contributed by atoms with Crippen LogP contribution >= 0.6 is 11.6 Å². The molecule has 0 saturated carbocycles. The minimum absolute atomic E-state index is 0.0860. The molecule has 2 rings (SSSR count). The summed E-state index contributed by atoms with van der Waals surface area (Å²) in [5.41, 5.74) is 6.58. The third kappa shape index (κ3) is 1.59. The topological polar surface area (TPSA) is 38.9 Å². The number of hydrogen-bond acceptors (Lipinski definition) is 2. The molecule has 0 saturated heterocycles. The maximum atomic E-state index is 6.04. The number of fused-ring (bicyclic) bond motifs is 1. The van der Waals surface area contributed by atoms with E-state index >= 15 is 0 Å². The highest BCUT2D eigenvalue weighted by Crippen LogP contribution is 2.23. The van der Waals surface area contributed by atoms with Crippen molar-refractivity contribution in [3.05, 3.63) is 41.2 Å². The Kier molecular flexibility index (Phi) is 2.40. The lowest BCUT2D eigenvalue weighted by molar-refractivity contribution is 0.784. The molecule has 0 fully saturated rings. The Balaban J connectivity index is 2.72. The monoisotopic (exact) mass is 206 g/mol. The summed E-state index contributed by atoms with van der Waals surface area (Å²) in [7, 11) is 0. The van der Waals surface area contributed by atoms with Crippen LogP contribution in [0, 0.1) is 0 Å². The summed E-state index contributed by atoms with van der Waals surface area (Å²) in [5, 5.41) is 2.58. The van der Waals surface area contributed by atoms with Crippen LogP contribution in [0.5, 0.6) is 0 Å². The van der Waals surface area contributed by atoms with Gasteiger partial charge in [0.25, 0.3) is 0 Å². The summed E-state index contributed by atoms with van der Waals surface area (Å²) in [5.74, 6) is 0. The number of pyridine rings is 1. The number of halogens is 1. The Morgan fingerprint density at radius 2 is 2.07 bits per heavy atom. The summed E-state index contributed by atoms with van der Waals surface area (Å²) < 4.78 is 0. The number of nitrogens with two attached hydrogens (primary N) is 1. The van der Waals surface area contributed by atoms with Crippen molar-refractivity contribution in [1.29, 1.82) is 0 Å². The fraction of sp³-hybridized carbons (Fsp3) is 0.182. The Morgan fingerprint density at radius 1 is 1.36 bits per heavy atom. The van der Waals surface area contributed by atoms with Gasteiger partial charge in [0.2, 0.25) is 0 Å². The molecule has 0 amide bonds. The largest absolute Gasteiger partial charge is 0.323 e. The minimum atomic E-state index is -0.0860. The molecule has 72 valence electrons. The summed E-state index contributed by atoms with van der Waals surface area (Å²) in [6, 6.07) is 9.78. The van der Waals surface area contributed by atoms with Crippen LogP contribution in [0.4, 0.5) is 0 Å². The Labute approximate surface area is 87.7 Å². The third-order valence-corrected chi connectivity index (χ3v) is 2.47. The van der Waals surface area contributed by atoms with Gasteiger partial charge >= 0.3 is 0 Å². The molecule has 0 radical (unpaired) electrons. The summed E-state index contributed by atoms with van der Waals surface area (Å²) in [4.78, 5) is 4.24. The average molecular weight is 207 g/mol. The molecule has 0 unspecified atom stereocenters. The zero-order chi connectivity index (χ0) is 10.1. The van der Waals surface area contributed by atoms with Gasteiger partial charge in [0.1, 0.15) is 5.15 Å². The van der Waals surface area contributed by atoms with Gasteiger partial charge in [-0.2, -0.15) is 0 Å². The SMILES string of the molecule is C[C@H](N)c1cc2ccccc2c(Cl)n1. The molecular weight excluding hydrogens is 196 g/mol. The first-order chi connectivity index (χ1) is 6.68. The molecule has 0 spiro atoms. The second kappa shape index (κ2) is 3.56. The maximum absolute atomic E-state index is 6.04. The van der Waals surface area contributed by atoms with Gasteiger partial charge in [-0.05, 0) is 18.4 Å². The van der Waals surface area contributed by atoms with Crippen LogP contribution in [0.1, 0.15) is 18.7 Å². The highest BCUT2D eigenvalue weighted by atomic mass is 35.5. The molecule has 1 atom stereocenters. The van der Waals surface area contributed by atoms with Crippen LogP contribution in [-0.2, 0) is 0 Å². The molecular formula is C11H11ClN2. The molecule has 0 aliphatic heterocycles. The van der Waals surface area contributed by atoms with E-state index in [9.17, 15) is 0 Å². The zero-order valence-electron chi connectivity index (χ0n) is 7.87. The quantitative estimate of drug-likeness (QED) is 0.729. The number of benzene rings is 1. The van der Waals surface area contributed by atoms with E-state index in [0.29, 0.717) is 5.15 Å². The third-order valence-electron chi connectivity index (χ3n) is 2.18. The lowest BCUT2D eigenvalue weighted by Gasteiger charge is -2.07. The molecule has 3 heteroatoms. The van der Waals surface area contributed by atoms with Crippen molar-refractivity contribution < 1.29 is 0 Å². The summed E-state index contributed by atoms with van der Waals surface area (Å²) >= 11 is 6.04. The number of rotatable bonds is 1. The van der Waals surface area contributed by atoms with E-state index in [1.807, 2.05) is 37.3 Å². The second-order valence-corrected chi connectivity index (χ2v) is 3.71. The minimum Gasteiger partial charge on any atom is -0.323 e. The van der Waals surface area contributed by atoms with E-state index in [1.165, 1.54) is 0 Å².